The zero-order valence-corrected chi connectivity index (χ0v) is 12.4. The summed E-state index contributed by atoms with van der Waals surface area (Å²) in [6, 6.07) is 17.6. The van der Waals surface area contributed by atoms with Crippen molar-refractivity contribution < 1.29 is 4.74 Å². The molecule has 0 radical (unpaired) electrons. The second kappa shape index (κ2) is 5.19. The number of ether oxygens (including phenoxy) is 1. The zero-order valence-electron chi connectivity index (χ0n) is 12.4. The summed E-state index contributed by atoms with van der Waals surface area (Å²) in [5, 5.41) is 3.44. The lowest BCUT2D eigenvalue weighted by Crippen LogP contribution is -2.27. The Labute approximate surface area is 126 Å². The van der Waals surface area contributed by atoms with Gasteiger partial charge in [0.15, 0.2) is 0 Å². The van der Waals surface area contributed by atoms with Gasteiger partial charge >= 0.3 is 0 Å². The van der Waals surface area contributed by atoms with Gasteiger partial charge in [-0.1, -0.05) is 42.5 Å². The van der Waals surface area contributed by atoms with E-state index in [1.807, 2.05) is 7.05 Å². The lowest BCUT2D eigenvalue weighted by atomic mass is 9.90. The standard InChI is InChI=1S/C19H21NO/c1-20-17-12-19(21-18-9-5-4-8-16(17)18)15-7-3-2-6-14(15)13-10-11-13/h2-9,13,17,19-20H,10-12H2,1H3. The molecule has 2 aromatic carbocycles. The molecule has 2 aliphatic rings. The van der Waals surface area contributed by atoms with Crippen LogP contribution in [-0.4, -0.2) is 7.05 Å². The molecule has 1 heterocycles. The fraction of sp³-hybridized carbons (Fsp3) is 0.368. The molecule has 2 unspecified atom stereocenters. The van der Waals surface area contributed by atoms with E-state index in [1.165, 1.54) is 29.5 Å². The molecule has 2 nitrogen and oxygen atoms in total. The van der Waals surface area contributed by atoms with Crippen LogP contribution in [0.5, 0.6) is 5.75 Å². The lowest BCUT2D eigenvalue weighted by molar-refractivity contribution is 0.153. The van der Waals surface area contributed by atoms with E-state index in [0.29, 0.717) is 6.04 Å². The largest absolute Gasteiger partial charge is 0.485 e. The third-order valence-corrected chi connectivity index (χ3v) is 4.72. The molecule has 2 heteroatoms. The van der Waals surface area contributed by atoms with E-state index in [4.69, 9.17) is 4.74 Å². The van der Waals surface area contributed by atoms with Crippen molar-refractivity contribution in [3.05, 3.63) is 65.2 Å². The molecular weight excluding hydrogens is 258 g/mol. The number of benzene rings is 2. The van der Waals surface area contributed by atoms with Crippen molar-refractivity contribution in [2.24, 2.45) is 0 Å². The molecule has 2 aromatic rings. The van der Waals surface area contributed by atoms with E-state index in [9.17, 15) is 0 Å². The molecule has 108 valence electrons. The summed E-state index contributed by atoms with van der Waals surface area (Å²) < 4.78 is 6.33. The van der Waals surface area contributed by atoms with Crippen molar-refractivity contribution in [2.75, 3.05) is 7.05 Å². The summed E-state index contributed by atoms with van der Waals surface area (Å²) in [4.78, 5) is 0. The van der Waals surface area contributed by atoms with E-state index < -0.39 is 0 Å². The van der Waals surface area contributed by atoms with E-state index in [1.54, 1.807) is 0 Å². The molecule has 2 atom stereocenters. The minimum absolute atomic E-state index is 0.161. The quantitative estimate of drug-likeness (QED) is 0.902. The van der Waals surface area contributed by atoms with Gasteiger partial charge < -0.3 is 10.1 Å². The number of hydrogen-bond acceptors (Lipinski definition) is 2. The minimum atomic E-state index is 0.161. The van der Waals surface area contributed by atoms with Crippen LogP contribution in [0.4, 0.5) is 0 Å². The summed E-state index contributed by atoms with van der Waals surface area (Å²) >= 11 is 0. The summed E-state index contributed by atoms with van der Waals surface area (Å²) in [5.74, 6) is 1.79. The van der Waals surface area contributed by atoms with Crippen LogP contribution >= 0.6 is 0 Å². The van der Waals surface area contributed by atoms with Gasteiger partial charge in [-0.2, -0.15) is 0 Å². The van der Waals surface area contributed by atoms with Crippen molar-refractivity contribution >= 4 is 0 Å². The van der Waals surface area contributed by atoms with Gasteiger partial charge in [0, 0.05) is 18.0 Å². The highest BCUT2D eigenvalue weighted by Crippen LogP contribution is 2.47. The van der Waals surface area contributed by atoms with E-state index in [-0.39, 0.29) is 6.10 Å². The zero-order chi connectivity index (χ0) is 14.2. The predicted molar refractivity (Wildman–Crippen MR) is 84.6 cm³/mol. The summed E-state index contributed by atoms with van der Waals surface area (Å²) in [6.07, 6.45) is 3.82. The smallest absolute Gasteiger partial charge is 0.126 e. The molecule has 1 aliphatic carbocycles. The van der Waals surface area contributed by atoms with Gasteiger partial charge in [0.25, 0.3) is 0 Å². The predicted octanol–water partition coefficient (Wildman–Crippen LogP) is 4.35. The molecule has 4 rings (SSSR count). The monoisotopic (exact) mass is 279 g/mol. The van der Waals surface area contributed by atoms with Crippen molar-refractivity contribution in [1.82, 2.24) is 5.32 Å². The van der Waals surface area contributed by atoms with Crippen LogP contribution in [0.2, 0.25) is 0 Å². The molecule has 0 bridgehead atoms. The van der Waals surface area contributed by atoms with Gasteiger partial charge in [-0.25, -0.2) is 0 Å². The number of hydrogen-bond donors (Lipinski definition) is 1. The SMILES string of the molecule is CNC1CC(c2ccccc2C2CC2)Oc2ccccc21. The first kappa shape index (κ1) is 12.9. The molecule has 21 heavy (non-hydrogen) atoms. The Morgan fingerprint density at radius 3 is 2.29 bits per heavy atom. The van der Waals surface area contributed by atoms with Crippen LogP contribution in [0.3, 0.4) is 0 Å². The van der Waals surface area contributed by atoms with Crippen LogP contribution in [0.15, 0.2) is 48.5 Å². The molecule has 1 saturated carbocycles. The first-order valence-corrected chi connectivity index (χ1v) is 7.88. The van der Waals surface area contributed by atoms with E-state index in [0.717, 1.165) is 18.1 Å². The second-order valence-electron chi connectivity index (χ2n) is 6.12. The first-order chi connectivity index (χ1) is 10.4. The first-order valence-electron chi connectivity index (χ1n) is 7.88. The highest BCUT2D eigenvalue weighted by atomic mass is 16.5. The van der Waals surface area contributed by atoms with Crippen LogP contribution in [0.25, 0.3) is 0 Å². The summed E-state index contributed by atoms with van der Waals surface area (Å²) in [6.45, 7) is 0. The van der Waals surface area contributed by atoms with Crippen molar-refractivity contribution in [3.63, 3.8) is 0 Å². The molecule has 1 fully saturated rings. The van der Waals surface area contributed by atoms with Crippen molar-refractivity contribution in [2.45, 2.75) is 37.3 Å². The van der Waals surface area contributed by atoms with Gasteiger partial charge in [0.1, 0.15) is 11.9 Å². The number of rotatable bonds is 3. The molecule has 0 spiro atoms. The molecular formula is C19H21NO. The van der Waals surface area contributed by atoms with Gasteiger partial charge in [0.2, 0.25) is 0 Å². The fourth-order valence-electron chi connectivity index (χ4n) is 3.45. The third kappa shape index (κ3) is 2.34. The Bertz CT molecular complexity index is 648. The molecule has 0 saturated heterocycles. The highest BCUT2D eigenvalue weighted by Gasteiger charge is 2.33. The average Bonchev–Trinajstić information content (AvgIpc) is 3.38. The van der Waals surface area contributed by atoms with Crippen LogP contribution in [0, 0.1) is 0 Å². The van der Waals surface area contributed by atoms with Crippen LogP contribution < -0.4 is 10.1 Å². The Morgan fingerprint density at radius 1 is 0.905 bits per heavy atom. The normalized spacial score (nSPS) is 24.2. The van der Waals surface area contributed by atoms with Crippen molar-refractivity contribution in [1.29, 1.82) is 0 Å². The lowest BCUT2D eigenvalue weighted by Gasteiger charge is -2.33. The number of para-hydroxylation sites is 1. The molecule has 1 aliphatic heterocycles. The topological polar surface area (TPSA) is 21.3 Å². The van der Waals surface area contributed by atoms with Gasteiger partial charge in [0.05, 0.1) is 0 Å². The van der Waals surface area contributed by atoms with Gasteiger partial charge in [-0.15, -0.1) is 0 Å². The number of nitrogens with one attached hydrogen (secondary N) is 1. The Morgan fingerprint density at radius 2 is 1.57 bits per heavy atom. The Balaban J connectivity index is 1.71. The maximum absolute atomic E-state index is 6.33. The van der Waals surface area contributed by atoms with Crippen LogP contribution in [0.1, 0.15) is 54.0 Å². The maximum Gasteiger partial charge on any atom is 0.126 e. The van der Waals surface area contributed by atoms with Crippen LogP contribution in [-0.2, 0) is 0 Å². The van der Waals surface area contributed by atoms with E-state index >= 15 is 0 Å². The average molecular weight is 279 g/mol. The Hall–Kier alpha value is -1.80. The summed E-state index contributed by atoms with van der Waals surface area (Å²) in [5.41, 5.74) is 4.16. The molecule has 0 aromatic heterocycles. The molecule has 1 N–H and O–H groups in total. The third-order valence-electron chi connectivity index (χ3n) is 4.72. The maximum atomic E-state index is 6.33. The van der Waals surface area contributed by atoms with Crippen molar-refractivity contribution in [3.8, 4) is 5.75 Å². The Kier molecular flexibility index (Phi) is 3.19. The summed E-state index contributed by atoms with van der Waals surface area (Å²) in [7, 11) is 2.04. The molecule has 0 amide bonds. The minimum Gasteiger partial charge on any atom is -0.485 e. The van der Waals surface area contributed by atoms with E-state index in [2.05, 4.69) is 53.8 Å². The number of fused-ring (bicyclic) bond motifs is 1. The van der Waals surface area contributed by atoms with Gasteiger partial charge in [-0.3, -0.25) is 0 Å². The highest BCUT2D eigenvalue weighted by molar-refractivity contribution is 5.41. The van der Waals surface area contributed by atoms with Gasteiger partial charge in [-0.05, 0) is 43.0 Å². The second-order valence-corrected chi connectivity index (χ2v) is 6.12. The fourth-order valence-corrected chi connectivity index (χ4v) is 3.45.